The van der Waals surface area contributed by atoms with E-state index in [1.54, 1.807) is 0 Å². The second-order valence-corrected chi connectivity index (χ2v) is 5.82. The van der Waals surface area contributed by atoms with Gasteiger partial charge >= 0.3 is 0 Å². The first-order valence-corrected chi connectivity index (χ1v) is 6.20. The fourth-order valence-electron chi connectivity index (χ4n) is 1.69. The average Bonchev–Trinajstić information content (AvgIpc) is 2.15. The molecule has 0 rings (SSSR count). The van der Waals surface area contributed by atoms with Gasteiger partial charge in [0.1, 0.15) is 5.60 Å². The maximum atomic E-state index is 12.1. The van der Waals surface area contributed by atoms with Crippen LogP contribution in [-0.4, -0.2) is 24.5 Å². The van der Waals surface area contributed by atoms with Gasteiger partial charge in [-0.1, -0.05) is 20.8 Å². The number of nitrogens with one attached hydrogen (secondary N) is 1. The summed E-state index contributed by atoms with van der Waals surface area (Å²) < 4.78 is 5.67. The Balaban J connectivity index is 4.38. The lowest BCUT2D eigenvalue weighted by atomic mass is 9.82. The van der Waals surface area contributed by atoms with E-state index < -0.39 is 5.60 Å². The van der Waals surface area contributed by atoms with Crippen LogP contribution < -0.4 is 5.32 Å². The van der Waals surface area contributed by atoms with Crippen molar-refractivity contribution in [2.45, 2.75) is 54.1 Å². The van der Waals surface area contributed by atoms with Gasteiger partial charge in [-0.25, -0.2) is 0 Å². The predicted octanol–water partition coefficient (Wildman–Crippen LogP) is 2.91. The summed E-state index contributed by atoms with van der Waals surface area (Å²) in [7, 11) is 0. The highest BCUT2D eigenvalue weighted by molar-refractivity contribution is 5.90. The quantitative estimate of drug-likeness (QED) is 0.777. The van der Waals surface area contributed by atoms with Crippen LogP contribution in [0.1, 0.15) is 48.5 Å². The van der Waals surface area contributed by atoms with Crippen molar-refractivity contribution in [1.29, 1.82) is 0 Å². The lowest BCUT2D eigenvalue weighted by Crippen LogP contribution is -2.42. The maximum absolute atomic E-state index is 12.1. The van der Waals surface area contributed by atoms with E-state index in [0.717, 1.165) is 12.2 Å². The first kappa shape index (κ1) is 16.2. The molecule has 0 atom stereocenters. The number of hydrogen-bond donors (Lipinski definition) is 1. The van der Waals surface area contributed by atoms with Crippen molar-refractivity contribution in [3.8, 4) is 0 Å². The highest BCUT2D eigenvalue weighted by atomic mass is 16.5. The van der Waals surface area contributed by atoms with Crippen molar-refractivity contribution in [1.82, 2.24) is 5.32 Å². The molecule has 3 nitrogen and oxygen atoms in total. The third-order valence-corrected chi connectivity index (χ3v) is 2.52. The molecule has 0 aromatic rings. The van der Waals surface area contributed by atoms with E-state index in [0.29, 0.717) is 6.61 Å². The SMILES string of the molecule is CCN/C(C)=C/COC(C)(C)C(=O)C(C)(C)C. The van der Waals surface area contributed by atoms with Gasteiger partial charge in [-0.15, -0.1) is 0 Å². The van der Waals surface area contributed by atoms with E-state index in [1.807, 2.05) is 54.5 Å². The number of hydrogen-bond acceptors (Lipinski definition) is 3. The fourth-order valence-corrected chi connectivity index (χ4v) is 1.69. The molecule has 0 aliphatic heterocycles. The zero-order valence-corrected chi connectivity index (χ0v) is 12.3. The average molecular weight is 241 g/mol. The number of rotatable bonds is 6. The molecule has 0 aliphatic rings. The van der Waals surface area contributed by atoms with Crippen LogP contribution in [0.5, 0.6) is 0 Å². The van der Waals surface area contributed by atoms with Gasteiger partial charge in [0.15, 0.2) is 5.78 Å². The number of carbonyl (C=O) groups is 1. The minimum Gasteiger partial charge on any atom is -0.389 e. The van der Waals surface area contributed by atoms with E-state index in [-0.39, 0.29) is 11.2 Å². The molecule has 0 fully saturated rings. The van der Waals surface area contributed by atoms with Gasteiger partial charge < -0.3 is 10.1 Å². The van der Waals surface area contributed by atoms with E-state index in [9.17, 15) is 4.79 Å². The molecule has 0 bridgehead atoms. The Bertz CT molecular complexity index is 285. The van der Waals surface area contributed by atoms with Crippen molar-refractivity contribution < 1.29 is 9.53 Å². The molecule has 0 unspecified atom stereocenters. The summed E-state index contributed by atoms with van der Waals surface area (Å²) in [6.45, 7) is 14.8. The number of ketones is 1. The Kier molecular flexibility index (Phi) is 5.89. The topological polar surface area (TPSA) is 38.3 Å². The molecule has 0 saturated carbocycles. The van der Waals surface area contributed by atoms with Gasteiger partial charge in [0.05, 0.1) is 6.61 Å². The smallest absolute Gasteiger partial charge is 0.169 e. The van der Waals surface area contributed by atoms with Crippen molar-refractivity contribution in [3.63, 3.8) is 0 Å². The van der Waals surface area contributed by atoms with Gasteiger partial charge in [0.2, 0.25) is 0 Å². The maximum Gasteiger partial charge on any atom is 0.169 e. The number of ether oxygens (including phenoxy) is 1. The third kappa shape index (κ3) is 5.87. The Morgan fingerprint density at radius 1 is 1.24 bits per heavy atom. The zero-order valence-electron chi connectivity index (χ0n) is 12.3. The summed E-state index contributed by atoms with van der Waals surface area (Å²) in [6, 6.07) is 0. The summed E-state index contributed by atoms with van der Waals surface area (Å²) in [5.74, 6) is 0.125. The molecular formula is C14H27NO2. The van der Waals surface area contributed by atoms with E-state index >= 15 is 0 Å². The van der Waals surface area contributed by atoms with Crippen LogP contribution in [-0.2, 0) is 9.53 Å². The van der Waals surface area contributed by atoms with Crippen LogP contribution >= 0.6 is 0 Å². The molecule has 0 heterocycles. The van der Waals surface area contributed by atoms with Gasteiger partial charge in [-0.05, 0) is 33.8 Å². The monoisotopic (exact) mass is 241 g/mol. The minimum atomic E-state index is -0.735. The van der Waals surface area contributed by atoms with Gasteiger partial charge in [-0.3, -0.25) is 4.79 Å². The summed E-state index contributed by atoms with van der Waals surface area (Å²) in [4.78, 5) is 12.1. The first-order valence-electron chi connectivity index (χ1n) is 6.20. The Hall–Kier alpha value is -0.830. The van der Waals surface area contributed by atoms with Gasteiger partial charge in [0, 0.05) is 17.7 Å². The fraction of sp³-hybridized carbons (Fsp3) is 0.786. The number of allylic oxidation sites excluding steroid dienone is 1. The zero-order chi connectivity index (χ0) is 13.7. The summed E-state index contributed by atoms with van der Waals surface area (Å²) in [5.41, 5.74) is -0.0305. The number of Topliss-reactive ketones (excluding diaryl/α,β-unsaturated/α-hetero) is 1. The van der Waals surface area contributed by atoms with Gasteiger partial charge in [0.25, 0.3) is 0 Å². The van der Waals surface area contributed by atoms with E-state index in [4.69, 9.17) is 4.74 Å². The van der Waals surface area contributed by atoms with Crippen molar-refractivity contribution in [3.05, 3.63) is 11.8 Å². The molecule has 17 heavy (non-hydrogen) atoms. The summed E-state index contributed by atoms with van der Waals surface area (Å²) in [5, 5.41) is 3.19. The molecule has 3 heteroatoms. The van der Waals surface area contributed by atoms with Crippen molar-refractivity contribution in [2.75, 3.05) is 13.2 Å². The van der Waals surface area contributed by atoms with Crippen LogP contribution in [0.25, 0.3) is 0 Å². The molecule has 0 aromatic heterocycles. The normalized spacial score (nSPS) is 13.7. The molecule has 0 saturated heterocycles. The second-order valence-electron chi connectivity index (χ2n) is 5.82. The van der Waals surface area contributed by atoms with Crippen LogP contribution in [0.2, 0.25) is 0 Å². The molecule has 0 radical (unpaired) electrons. The largest absolute Gasteiger partial charge is 0.389 e. The highest BCUT2D eigenvalue weighted by Crippen LogP contribution is 2.25. The van der Waals surface area contributed by atoms with Crippen LogP contribution in [0.4, 0.5) is 0 Å². The standard InChI is InChI=1S/C14H27NO2/c1-8-15-11(2)9-10-17-14(6,7)12(16)13(3,4)5/h9,15H,8,10H2,1-7H3/b11-9+. The number of carbonyl (C=O) groups excluding carboxylic acids is 1. The molecular weight excluding hydrogens is 214 g/mol. The lowest BCUT2D eigenvalue weighted by molar-refractivity contribution is -0.147. The minimum absolute atomic E-state index is 0.125. The van der Waals surface area contributed by atoms with Crippen molar-refractivity contribution in [2.24, 2.45) is 5.41 Å². The third-order valence-electron chi connectivity index (χ3n) is 2.52. The van der Waals surface area contributed by atoms with E-state index in [1.165, 1.54) is 0 Å². The van der Waals surface area contributed by atoms with Crippen molar-refractivity contribution >= 4 is 5.78 Å². The first-order chi connectivity index (χ1) is 7.61. The van der Waals surface area contributed by atoms with Crippen LogP contribution in [0, 0.1) is 5.41 Å². The molecule has 1 N–H and O–H groups in total. The molecule has 0 spiro atoms. The Morgan fingerprint density at radius 3 is 2.18 bits per heavy atom. The Labute approximate surface area is 106 Å². The molecule has 0 aliphatic carbocycles. The second kappa shape index (κ2) is 6.20. The predicted molar refractivity (Wildman–Crippen MR) is 71.9 cm³/mol. The molecule has 0 amide bonds. The van der Waals surface area contributed by atoms with Gasteiger partial charge in [-0.2, -0.15) is 0 Å². The summed E-state index contributed by atoms with van der Waals surface area (Å²) >= 11 is 0. The lowest BCUT2D eigenvalue weighted by Gasteiger charge is -2.30. The Morgan fingerprint density at radius 2 is 1.76 bits per heavy atom. The van der Waals surface area contributed by atoms with E-state index in [2.05, 4.69) is 5.32 Å². The van der Waals surface area contributed by atoms with Crippen LogP contribution in [0.3, 0.4) is 0 Å². The molecule has 100 valence electrons. The van der Waals surface area contributed by atoms with Crippen LogP contribution in [0.15, 0.2) is 11.8 Å². The highest BCUT2D eigenvalue weighted by Gasteiger charge is 2.36. The summed E-state index contributed by atoms with van der Waals surface area (Å²) in [6.07, 6.45) is 1.96. The molecule has 0 aromatic carbocycles.